The van der Waals surface area contributed by atoms with E-state index in [2.05, 4.69) is 21.7 Å². The largest absolute Gasteiger partial charge is 0.265 e. The van der Waals surface area contributed by atoms with Gasteiger partial charge in [0.1, 0.15) is 0 Å². The summed E-state index contributed by atoms with van der Waals surface area (Å²) in [5.41, 5.74) is 9.42. The lowest BCUT2D eigenvalue weighted by Gasteiger charge is -1.91. The van der Waals surface area contributed by atoms with Gasteiger partial charge in [-0.15, -0.1) is 0 Å². The molecular weight excluding hydrogens is 140 g/mol. The summed E-state index contributed by atoms with van der Waals surface area (Å²) in [4.78, 5) is 6.33. The maximum atomic E-state index is 8.07. The zero-order valence-corrected chi connectivity index (χ0v) is 5.81. The van der Waals surface area contributed by atoms with Crippen LogP contribution in [0, 0.1) is 0 Å². The number of rotatable bonds is 2. The quantitative estimate of drug-likeness (QED) is 0.266. The third kappa shape index (κ3) is 1.81. The van der Waals surface area contributed by atoms with Gasteiger partial charge in [0.25, 0.3) is 0 Å². The van der Waals surface area contributed by atoms with Gasteiger partial charge in [-0.05, 0) is 24.4 Å². The van der Waals surface area contributed by atoms with E-state index in [9.17, 15) is 0 Å². The first-order valence-electron chi connectivity index (χ1n) is 2.98. The minimum absolute atomic E-state index is 0.583. The molecule has 0 N–H and O–H groups in total. The molecular formula is C7H6N4. The second-order valence-corrected chi connectivity index (χ2v) is 1.86. The van der Waals surface area contributed by atoms with E-state index in [4.69, 9.17) is 5.53 Å². The van der Waals surface area contributed by atoms with Crippen molar-refractivity contribution < 1.29 is 0 Å². The highest BCUT2D eigenvalue weighted by atomic mass is 15.1. The van der Waals surface area contributed by atoms with Crippen molar-refractivity contribution in [2.24, 2.45) is 10.1 Å². The first-order valence-corrected chi connectivity index (χ1v) is 2.98. The summed E-state index contributed by atoms with van der Waals surface area (Å²) >= 11 is 0. The van der Waals surface area contributed by atoms with Crippen LogP contribution in [0.3, 0.4) is 0 Å². The van der Waals surface area contributed by atoms with E-state index in [1.165, 1.54) is 0 Å². The van der Waals surface area contributed by atoms with Crippen LogP contribution in [-0.4, -0.2) is 6.72 Å². The van der Waals surface area contributed by atoms with E-state index in [0.29, 0.717) is 5.69 Å². The minimum atomic E-state index is 0.583. The van der Waals surface area contributed by atoms with E-state index in [1.807, 2.05) is 0 Å². The van der Waals surface area contributed by atoms with Crippen molar-refractivity contribution in [3.05, 3.63) is 34.7 Å². The fraction of sp³-hybridized carbons (Fsp3) is 0. The number of hydrogen-bond donors (Lipinski definition) is 0. The Morgan fingerprint density at radius 1 is 1.18 bits per heavy atom. The summed E-state index contributed by atoms with van der Waals surface area (Å²) in [7, 11) is 0. The number of benzene rings is 1. The molecule has 0 saturated carbocycles. The van der Waals surface area contributed by atoms with Crippen molar-refractivity contribution in [1.82, 2.24) is 0 Å². The molecule has 4 nitrogen and oxygen atoms in total. The topological polar surface area (TPSA) is 61.1 Å². The molecule has 1 aromatic rings. The van der Waals surface area contributed by atoms with Crippen molar-refractivity contribution in [2.75, 3.05) is 0 Å². The lowest BCUT2D eigenvalue weighted by molar-refractivity contribution is 1.46. The second kappa shape index (κ2) is 3.39. The Labute approximate surface area is 63.8 Å². The van der Waals surface area contributed by atoms with Crippen molar-refractivity contribution in [1.29, 1.82) is 0 Å². The summed E-state index contributed by atoms with van der Waals surface area (Å²) in [6, 6.07) is 6.83. The Kier molecular flexibility index (Phi) is 2.25. The van der Waals surface area contributed by atoms with Crippen LogP contribution in [0.4, 0.5) is 11.4 Å². The highest BCUT2D eigenvalue weighted by Crippen LogP contribution is 2.17. The number of azide groups is 1. The van der Waals surface area contributed by atoms with E-state index in [0.717, 1.165) is 5.69 Å². The Bertz CT molecular complexity index is 295. The maximum absolute atomic E-state index is 8.07. The van der Waals surface area contributed by atoms with Gasteiger partial charge in [0.2, 0.25) is 0 Å². The third-order valence-corrected chi connectivity index (χ3v) is 1.19. The molecule has 0 aliphatic rings. The SMILES string of the molecule is C=Nc1ccc(N=[N+]=[N-])cc1. The first-order chi connectivity index (χ1) is 5.36. The molecule has 0 aromatic heterocycles. The molecule has 0 aliphatic carbocycles. The lowest BCUT2D eigenvalue weighted by atomic mass is 10.3. The summed E-state index contributed by atoms with van der Waals surface area (Å²) in [5, 5.41) is 3.40. The minimum Gasteiger partial charge on any atom is -0.265 e. The lowest BCUT2D eigenvalue weighted by Crippen LogP contribution is -1.61. The number of aliphatic imine (C=N–C) groups is 1. The maximum Gasteiger partial charge on any atom is 0.0622 e. The summed E-state index contributed by atoms with van der Waals surface area (Å²) in [6.45, 7) is 3.35. The molecule has 1 rings (SSSR count). The highest BCUT2D eigenvalue weighted by molar-refractivity contribution is 5.50. The molecule has 0 radical (unpaired) electrons. The zero-order valence-electron chi connectivity index (χ0n) is 5.81. The summed E-state index contributed by atoms with van der Waals surface area (Å²) in [6.07, 6.45) is 0. The van der Waals surface area contributed by atoms with Crippen molar-refractivity contribution >= 4 is 18.1 Å². The van der Waals surface area contributed by atoms with Crippen LogP contribution in [0.25, 0.3) is 10.4 Å². The van der Waals surface area contributed by atoms with Gasteiger partial charge in [-0.1, -0.05) is 17.2 Å². The standard InChI is InChI=1S/C7H6N4/c1-9-6-2-4-7(5-3-6)10-11-8/h2-5H,1H2. The molecule has 0 atom stereocenters. The smallest absolute Gasteiger partial charge is 0.0622 e. The normalized spacial score (nSPS) is 8.36. The van der Waals surface area contributed by atoms with E-state index in [-0.39, 0.29) is 0 Å². The van der Waals surface area contributed by atoms with Crippen LogP contribution in [-0.2, 0) is 0 Å². The fourth-order valence-electron chi connectivity index (χ4n) is 0.676. The van der Waals surface area contributed by atoms with E-state index < -0.39 is 0 Å². The molecule has 0 spiro atoms. The van der Waals surface area contributed by atoms with Gasteiger partial charge in [0.05, 0.1) is 5.69 Å². The number of nitrogens with zero attached hydrogens (tertiary/aromatic N) is 4. The molecule has 0 amide bonds. The average molecular weight is 146 g/mol. The van der Waals surface area contributed by atoms with Gasteiger partial charge >= 0.3 is 0 Å². The molecule has 0 fully saturated rings. The zero-order chi connectivity index (χ0) is 8.10. The Morgan fingerprint density at radius 2 is 1.73 bits per heavy atom. The second-order valence-electron chi connectivity index (χ2n) is 1.86. The molecule has 1 aromatic carbocycles. The molecule has 11 heavy (non-hydrogen) atoms. The monoisotopic (exact) mass is 146 g/mol. The van der Waals surface area contributed by atoms with Gasteiger partial charge in [-0.2, -0.15) is 0 Å². The van der Waals surface area contributed by atoms with Gasteiger partial charge in [0, 0.05) is 10.6 Å². The molecule has 0 heterocycles. The van der Waals surface area contributed by atoms with Crippen LogP contribution >= 0.6 is 0 Å². The predicted octanol–water partition coefficient (Wildman–Crippen LogP) is 2.96. The fourth-order valence-corrected chi connectivity index (χ4v) is 0.676. The van der Waals surface area contributed by atoms with Gasteiger partial charge in [-0.3, -0.25) is 4.99 Å². The van der Waals surface area contributed by atoms with Crippen LogP contribution in [0.15, 0.2) is 34.4 Å². The van der Waals surface area contributed by atoms with Crippen molar-refractivity contribution in [2.45, 2.75) is 0 Å². The van der Waals surface area contributed by atoms with E-state index in [1.54, 1.807) is 24.3 Å². The summed E-state index contributed by atoms with van der Waals surface area (Å²) in [5.74, 6) is 0. The van der Waals surface area contributed by atoms with Crippen LogP contribution < -0.4 is 0 Å². The number of hydrogen-bond acceptors (Lipinski definition) is 2. The van der Waals surface area contributed by atoms with Crippen molar-refractivity contribution in [3.8, 4) is 0 Å². The summed E-state index contributed by atoms with van der Waals surface area (Å²) < 4.78 is 0. The van der Waals surface area contributed by atoms with E-state index >= 15 is 0 Å². The average Bonchev–Trinajstić information content (AvgIpc) is 2.07. The molecule has 0 saturated heterocycles. The molecule has 4 heteroatoms. The van der Waals surface area contributed by atoms with Gasteiger partial charge < -0.3 is 0 Å². The Hall–Kier alpha value is -1.80. The van der Waals surface area contributed by atoms with Gasteiger partial charge in [-0.25, -0.2) is 0 Å². The predicted molar refractivity (Wildman–Crippen MR) is 44.5 cm³/mol. The third-order valence-electron chi connectivity index (χ3n) is 1.19. The molecule has 0 bridgehead atoms. The Morgan fingerprint density at radius 3 is 2.18 bits per heavy atom. The van der Waals surface area contributed by atoms with Crippen LogP contribution in [0.2, 0.25) is 0 Å². The van der Waals surface area contributed by atoms with Gasteiger partial charge in [0.15, 0.2) is 0 Å². The molecule has 0 aliphatic heterocycles. The molecule has 0 unspecified atom stereocenters. The first kappa shape index (κ1) is 7.31. The highest BCUT2D eigenvalue weighted by Gasteiger charge is 1.87. The molecule has 54 valence electrons. The Balaban J connectivity index is 2.99. The van der Waals surface area contributed by atoms with Crippen molar-refractivity contribution in [3.63, 3.8) is 0 Å². The van der Waals surface area contributed by atoms with Crippen LogP contribution in [0.1, 0.15) is 0 Å². The van der Waals surface area contributed by atoms with Crippen LogP contribution in [0.5, 0.6) is 0 Å².